The van der Waals surface area contributed by atoms with E-state index >= 15 is 0 Å². The maximum Gasteiger partial charge on any atom is 0.270 e. The van der Waals surface area contributed by atoms with Gasteiger partial charge in [0.15, 0.2) is 0 Å². The molecule has 2 N–H and O–H groups in total. The van der Waals surface area contributed by atoms with Gasteiger partial charge in [-0.3, -0.25) is 4.79 Å². The van der Waals surface area contributed by atoms with E-state index in [1.807, 2.05) is 13.8 Å². The number of rotatable bonds is 5. The zero-order valence-corrected chi connectivity index (χ0v) is 16.9. The Hall–Kier alpha value is -2.24. The highest BCUT2D eigenvalue weighted by molar-refractivity contribution is 7.91. The van der Waals surface area contributed by atoms with Crippen LogP contribution in [-0.2, 0) is 14.8 Å². The molecule has 2 aromatic rings. The Bertz CT molecular complexity index is 971. The van der Waals surface area contributed by atoms with Crippen LogP contribution in [0.15, 0.2) is 22.5 Å². The van der Waals surface area contributed by atoms with Gasteiger partial charge >= 0.3 is 0 Å². The van der Waals surface area contributed by atoms with Gasteiger partial charge in [-0.05, 0) is 19.9 Å². The van der Waals surface area contributed by atoms with Crippen LogP contribution in [0.5, 0.6) is 11.5 Å². The topological polar surface area (TPSA) is 120 Å². The fraction of sp³-hybridized carbons (Fsp3) is 0.438. The van der Waals surface area contributed by atoms with E-state index in [4.69, 9.17) is 9.47 Å². The summed E-state index contributed by atoms with van der Waals surface area (Å²) in [5.41, 5.74) is 0.139. The van der Waals surface area contributed by atoms with Crippen LogP contribution in [0.25, 0.3) is 0 Å². The van der Waals surface area contributed by atoms with Gasteiger partial charge < -0.3 is 14.8 Å². The van der Waals surface area contributed by atoms with Gasteiger partial charge in [-0.15, -0.1) is 10.2 Å². The highest BCUT2D eigenvalue weighted by Crippen LogP contribution is 2.41. The molecule has 1 amide bonds. The van der Waals surface area contributed by atoms with Crippen molar-refractivity contribution in [2.75, 3.05) is 12.4 Å². The number of nitrogens with one attached hydrogen (secondary N) is 2. The lowest BCUT2D eigenvalue weighted by Crippen LogP contribution is -2.41. The Morgan fingerprint density at radius 1 is 1.37 bits per heavy atom. The van der Waals surface area contributed by atoms with Crippen LogP contribution in [0.2, 0.25) is 0 Å². The normalized spacial score (nSPS) is 18.3. The van der Waals surface area contributed by atoms with Crippen molar-refractivity contribution in [2.45, 2.75) is 43.2 Å². The number of carbonyl (C=O) groups is 1. The predicted molar refractivity (Wildman–Crippen MR) is 99.6 cm³/mol. The first-order valence-corrected chi connectivity index (χ1v) is 10.4. The van der Waals surface area contributed by atoms with E-state index in [2.05, 4.69) is 20.2 Å². The number of amides is 1. The molecule has 146 valence electrons. The van der Waals surface area contributed by atoms with Crippen LogP contribution in [0.4, 0.5) is 5.13 Å². The van der Waals surface area contributed by atoms with E-state index in [1.54, 1.807) is 25.3 Å². The number of anilines is 1. The number of hydrogen-bond donors (Lipinski definition) is 2. The second-order valence-corrected chi connectivity index (χ2v) is 9.56. The molecule has 11 heteroatoms. The van der Waals surface area contributed by atoms with Crippen molar-refractivity contribution in [1.29, 1.82) is 0 Å². The molecule has 1 aliphatic heterocycles. The number of nitrogens with zero attached hydrogens (tertiary/aromatic N) is 2. The van der Waals surface area contributed by atoms with Crippen molar-refractivity contribution in [3.8, 4) is 11.5 Å². The number of fused-ring (bicyclic) bond motifs is 1. The molecule has 0 radical (unpaired) electrons. The fourth-order valence-corrected chi connectivity index (χ4v) is 5.00. The van der Waals surface area contributed by atoms with Gasteiger partial charge in [0.1, 0.15) is 17.1 Å². The van der Waals surface area contributed by atoms with Gasteiger partial charge in [0.25, 0.3) is 10.0 Å². The summed E-state index contributed by atoms with van der Waals surface area (Å²) in [6.45, 7) is 5.08. The highest BCUT2D eigenvalue weighted by Gasteiger charge is 2.37. The summed E-state index contributed by atoms with van der Waals surface area (Å²) in [7, 11) is -2.37. The minimum absolute atomic E-state index is 0.125. The lowest BCUT2D eigenvalue weighted by atomic mass is 9.90. The van der Waals surface area contributed by atoms with Crippen LogP contribution < -0.4 is 19.5 Å². The lowest BCUT2D eigenvalue weighted by molar-refractivity contribution is -0.114. The molecule has 9 nitrogen and oxygen atoms in total. The van der Waals surface area contributed by atoms with Crippen LogP contribution in [-0.4, -0.2) is 37.2 Å². The SMILES string of the molecule is COc1ccc2c(c1)OC(C)(C)C[C@@H]2NS(=O)(=O)c1nnc(NC(C)=O)s1. The number of ether oxygens (including phenoxy) is 2. The Kier molecular flexibility index (Phi) is 5.10. The standard InChI is InChI=1S/C16H20N4O5S2/c1-9(21)17-14-18-19-15(26-14)27(22,23)20-12-8-16(2,3)25-13-7-10(24-4)5-6-11(12)13/h5-7,12,20H,8H2,1-4H3,(H,17,18,21)/t12-/m0/s1. The molecule has 0 saturated heterocycles. The summed E-state index contributed by atoms with van der Waals surface area (Å²) in [6.07, 6.45) is 0.433. The predicted octanol–water partition coefficient (Wildman–Crippen LogP) is 2.09. The average Bonchev–Trinajstić information content (AvgIpc) is 3.01. The molecule has 1 atom stereocenters. The van der Waals surface area contributed by atoms with Crippen molar-refractivity contribution >= 4 is 32.4 Å². The largest absolute Gasteiger partial charge is 0.497 e. The van der Waals surface area contributed by atoms with Gasteiger partial charge in [-0.2, -0.15) is 0 Å². The lowest BCUT2D eigenvalue weighted by Gasteiger charge is -2.37. The molecular weight excluding hydrogens is 392 g/mol. The summed E-state index contributed by atoms with van der Waals surface area (Å²) < 4.78 is 39.2. The third kappa shape index (κ3) is 4.37. The Morgan fingerprint density at radius 2 is 2.11 bits per heavy atom. The van der Waals surface area contributed by atoms with E-state index in [1.165, 1.54) is 6.92 Å². The minimum Gasteiger partial charge on any atom is -0.497 e. The van der Waals surface area contributed by atoms with Gasteiger partial charge in [0.05, 0.1) is 13.2 Å². The summed E-state index contributed by atoms with van der Waals surface area (Å²) in [5, 5.41) is 9.91. The number of benzene rings is 1. The third-order valence-corrected chi connectivity index (χ3v) is 6.57. The maximum atomic E-state index is 12.8. The molecule has 2 heterocycles. The molecule has 1 aromatic carbocycles. The monoisotopic (exact) mass is 412 g/mol. The summed E-state index contributed by atoms with van der Waals surface area (Å²) >= 11 is 0.788. The summed E-state index contributed by atoms with van der Waals surface area (Å²) in [4.78, 5) is 11.1. The number of hydrogen-bond acceptors (Lipinski definition) is 8. The molecule has 0 unspecified atom stereocenters. The van der Waals surface area contributed by atoms with Crippen LogP contribution >= 0.6 is 11.3 Å². The second-order valence-electron chi connectivity index (χ2n) is 6.70. The zero-order chi connectivity index (χ0) is 19.8. The van der Waals surface area contributed by atoms with Gasteiger partial charge in [0.2, 0.25) is 15.4 Å². The van der Waals surface area contributed by atoms with E-state index in [0.717, 1.165) is 11.3 Å². The van der Waals surface area contributed by atoms with Gasteiger partial charge in [0, 0.05) is 25.0 Å². The maximum absolute atomic E-state index is 12.8. The van der Waals surface area contributed by atoms with Crippen LogP contribution in [0.1, 0.15) is 38.8 Å². The molecule has 0 aliphatic carbocycles. The van der Waals surface area contributed by atoms with Gasteiger partial charge in [-0.1, -0.05) is 17.4 Å². The fourth-order valence-electron chi connectivity index (χ4n) is 2.82. The molecule has 0 fully saturated rings. The molecule has 0 saturated carbocycles. The Morgan fingerprint density at radius 3 is 2.78 bits per heavy atom. The summed E-state index contributed by atoms with van der Waals surface area (Å²) in [5.74, 6) is 0.837. The van der Waals surface area contributed by atoms with E-state index in [9.17, 15) is 13.2 Å². The Labute approximate surface area is 161 Å². The third-order valence-electron chi connectivity index (χ3n) is 3.89. The van der Waals surface area contributed by atoms with E-state index in [-0.39, 0.29) is 15.4 Å². The molecule has 1 aliphatic rings. The molecule has 3 rings (SSSR count). The smallest absolute Gasteiger partial charge is 0.270 e. The second kappa shape index (κ2) is 7.06. The van der Waals surface area contributed by atoms with Crippen LogP contribution in [0.3, 0.4) is 0 Å². The van der Waals surface area contributed by atoms with Crippen LogP contribution in [0, 0.1) is 0 Å². The summed E-state index contributed by atoms with van der Waals surface area (Å²) in [6, 6.07) is 4.76. The first kappa shape index (κ1) is 19.5. The highest BCUT2D eigenvalue weighted by atomic mass is 32.2. The molecule has 0 spiro atoms. The van der Waals surface area contributed by atoms with Crippen molar-refractivity contribution in [3.05, 3.63) is 23.8 Å². The van der Waals surface area contributed by atoms with Crippen molar-refractivity contribution in [3.63, 3.8) is 0 Å². The molecule has 0 bridgehead atoms. The number of sulfonamides is 1. The van der Waals surface area contributed by atoms with Crippen molar-refractivity contribution < 1.29 is 22.7 Å². The molecule has 27 heavy (non-hydrogen) atoms. The average molecular weight is 412 g/mol. The van der Waals surface area contributed by atoms with E-state index < -0.39 is 21.7 Å². The Balaban J connectivity index is 1.90. The quantitative estimate of drug-likeness (QED) is 0.722. The number of methoxy groups -OCH3 is 1. The van der Waals surface area contributed by atoms with Gasteiger partial charge in [-0.25, -0.2) is 13.1 Å². The first-order chi connectivity index (χ1) is 12.6. The number of carbonyl (C=O) groups excluding carboxylic acids is 1. The molecular formula is C16H20N4O5S2. The molecule has 1 aromatic heterocycles. The van der Waals surface area contributed by atoms with Crippen molar-refractivity contribution in [2.24, 2.45) is 0 Å². The zero-order valence-electron chi connectivity index (χ0n) is 15.3. The minimum atomic E-state index is -3.93. The first-order valence-electron chi connectivity index (χ1n) is 8.10. The van der Waals surface area contributed by atoms with Crippen molar-refractivity contribution in [1.82, 2.24) is 14.9 Å². The van der Waals surface area contributed by atoms with E-state index in [0.29, 0.717) is 23.5 Å². The number of aromatic nitrogens is 2.